The Hall–Kier alpha value is -2.58. The SMILES string of the molecule is CCOc1ccc(NC(=O)CCc2cc(S(=O)(=O)N3CCCC3)ccc2OC)cc1. The zero-order chi connectivity index (χ0) is 21.6. The van der Waals surface area contributed by atoms with Crippen LogP contribution in [0.2, 0.25) is 0 Å². The molecule has 1 fully saturated rings. The highest BCUT2D eigenvalue weighted by molar-refractivity contribution is 7.89. The zero-order valence-corrected chi connectivity index (χ0v) is 18.2. The predicted octanol–water partition coefficient (Wildman–Crippen LogP) is 3.45. The fourth-order valence-electron chi connectivity index (χ4n) is 3.46. The smallest absolute Gasteiger partial charge is 0.243 e. The molecule has 0 radical (unpaired) electrons. The fourth-order valence-corrected chi connectivity index (χ4v) is 5.03. The van der Waals surface area contributed by atoms with Gasteiger partial charge in [-0.2, -0.15) is 4.31 Å². The average molecular weight is 433 g/mol. The van der Waals surface area contributed by atoms with Crippen LogP contribution >= 0.6 is 0 Å². The van der Waals surface area contributed by atoms with Crippen molar-refractivity contribution in [2.24, 2.45) is 0 Å². The van der Waals surface area contributed by atoms with Gasteiger partial charge >= 0.3 is 0 Å². The largest absolute Gasteiger partial charge is 0.496 e. The minimum absolute atomic E-state index is 0.158. The van der Waals surface area contributed by atoms with E-state index in [0.717, 1.165) is 18.6 Å². The number of anilines is 1. The number of nitrogens with zero attached hydrogens (tertiary/aromatic N) is 1. The van der Waals surface area contributed by atoms with Crippen LogP contribution in [0.3, 0.4) is 0 Å². The first-order chi connectivity index (χ1) is 14.4. The van der Waals surface area contributed by atoms with Crippen molar-refractivity contribution in [1.29, 1.82) is 0 Å². The molecule has 1 amide bonds. The van der Waals surface area contributed by atoms with Gasteiger partial charge in [0.1, 0.15) is 11.5 Å². The van der Waals surface area contributed by atoms with Gasteiger partial charge in [-0.3, -0.25) is 4.79 Å². The molecule has 8 heteroatoms. The van der Waals surface area contributed by atoms with E-state index >= 15 is 0 Å². The molecule has 0 bridgehead atoms. The maximum Gasteiger partial charge on any atom is 0.243 e. The summed E-state index contributed by atoms with van der Waals surface area (Å²) in [6.45, 7) is 3.60. The standard InChI is InChI=1S/C22H28N2O5S/c1-3-29-19-9-7-18(8-10-19)23-22(25)13-6-17-16-20(11-12-21(17)28-2)30(26,27)24-14-4-5-15-24/h7-12,16H,3-6,13-15H2,1-2H3,(H,23,25). The van der Waals surface area contributed by atoms with Gasteiger partial charge in [-0.05, 0) is 74.2 Å². The maximum absolute atomic E-state index is 12.8. The summed E-state index contributed by atoms with van der Waals surface area (Å²) in [5.74, 6) is 1.16. The van der Waals surface area contributed by atoms with E-state index in [1.54, 1.807) is 42.5 Å². The van der Waals surface area contributed by atoms with Crippen molar-refractivity contribution in [3.05, 3.63) is 48.0 Å². The van der Waals surface area contributed by atoms with Gasteiger partial charge in [0, 0.05) is 25.2 Å². The van der Waals surface area contributed by atoms with E-state index in [-0.39, 0.29) is 17.2 Å². The summed E-state index contributed by atoms with van der Waals surface area (Å²) in [6.07, 6.45) is 2.34. The van der Waals surface area contributed by atoms with Gasteiger partial charge in [0.05, 0.1) is 18.6 Å². The zero-order valence-electron chi connectivity index (χ0n) is 17.4. The topological polar surface area (TPSA) is 84.9 Å². The Morgan fingerprint density at radius 1 is 1.10 bits per heavy atom. The molecule has 7 nitrogen and oxygen atoms in total. The summed E-state index contributed by atoms with van der Waals surface area (Å²) in [5.41, 5.74) is 1.38. The highest BCUT2D eigenvalue weighted by Crippen LogP contribution is 2.27. The molecule has 1 N–H and O–H groups in total. The predicted molar refractivity (Wildman–Crippen MR) is 116 cm³/mol. The van der Waals surface area contributed by atoms with Gasteiger partial charge in [-0.25, -0.2) is 8.42 Å². The van der Waals surface area contributed by atoms with Crippen LogP contribution in [-0.2, 0) is 21.2 Å². The third-order valence-corrected chi connectivity index (χ3v) is 6.92. The number of carbonyl (C=O) groups is 1. The number of aryl methyl sites for hydroxylation is 1. The number of ether oxygens (including phenoxy) is 2. The first-order valence-electron chi connectivity index (χ1n) is 10.1. The van der Waals surface area contributed by atoms with Crippen molar-refractivity contribution >= 4 is 21.6 Å². The number of nitrogens with one attached hydrogen (secondary N) is 1. The van der Waals surface area contributed by atoms with Crippen molar-refractivity contribution in [1.82, 2.24) is 4.31 Å². The van der Waals surface area contributed by atoms with Crippen molar-refractivity contribution in [3.63, 3.8) is 0 Å². The first kappa shape index (κ1) is 22.1. The molecular formula is C22H28N2O5S. The lowest BCUT2D eigenvalue weighted by atomic mass is 10.1. The maximum atomic E-state index is 12.8. The Kier molecular flexibility index (Phi) is 7.33. The lowest BCUT2D eigenvalue weighted by molar-refractivity contribution is -0.116. The van der Waals surface area contributed by atoms with E-state index in [2.05, 4.69) is 5.32 Å². The number of sulfonamides is 1. The molecular weight excluding hydrogens is 404 g/mol. The van der Waals surface area contributed by atoms with Crippen LogP contribution in [0.5, 0.6) is 11.5 Å². The van der Waals surface area contributed by atoms with Crippen molar-refractivity contribution in [2.75, 3.05) is 32.1 Å². The summed E-state index contributed by atoms with van der Waals surface area (Å²) in [4.78, 5) is 12.6. The molecule has 1 aliphatic rings. The summed E-state index contributed by atoms with van der Waals surface area (Å²) in [6, 6.07) is 12.0. The van der Waals surface area contributed by atoms with E-state index in [9.17, 15) is 13.2 Å². The van der Waals surface area contributed by atoms with Gasteiger partial charge in [-0.15, -0.1) is 0 Å². The molecule has 3 rings (SSSR count). The van der Waals surface area contributed by atoms with Gasteiger partial charge in [-0.1, -0.05) is 0 Å². The van der Waals surface area contributed by atoms with Crippen LogP contribution in [0.4, 0.5) is 5.69 Å². The monoisotopic (exact) mass is 432 g/mol. The third-order valence-electron chi connectivity index (χ3n) is 5.03. The molecule has 2 aromatic carbocycles. The molecule has 1 heterocycles. The number of amides is 1. The van der Waals surface area contributed by atoms with Crippen LogP contribution in [0.1, 0.15) is 31.7 Å². The van der Waals surface area contributed by atoms with Crippen LogP contribution in [0, 0.1) is 0 Å². The Balaban J connectivity index is 1.67. The van der Waals surface area contributed by atoms with E-state index in [4.69, 9.17) is 9.47 Å². The number of benzene rings is 2. The number of methoxy groups -OCH3 is 1. The Morgan fingerprint density at radius 3 is 2.43 bits per heavy atom. The average Bonchev–Trinajstić information content (AvgIpc) is 3.29. The molecule has 1 saturated heterocycles. The lowest BCUT2D eigenvalue weighted by Gasteiger charge is -2.17. The summed E-state index contributed by atoms with van der Waals surface area (Å²) in [5, 5.41) is 2.85. The molecule has 0 atom stereocenters. The molecule has 0 spiro atoms. The van der Waals surface area contributed by atoms with E-state index in [1.165, 1.54) is 11.4 Å². The molecule has 0 aliphatic carbocycles. The van der Waals surface area contributed by atoms with Crippen LogP contribution in [0.25, 0.3) is 0 Å². The minimum atomic E-state index is -3.52. The highest BCUT2D eigenvalue weighted by atomic mass is 32.2. The number of carbonyl (C=O) groups excluding carboxylic acids is 1. The second-order valence-corrected chi connectivity index (χ2v) is 9.03. The third kappa shape index (κ3) is 5.31. The van der Waals surface area contributed by atoms with Gasteiger partial charge in [0.15, 0.2) is 0 Å². The Bertz CT molecular complexity index is 968. The number of hydrogen-bond acceptors (Lipinski definition) is 5. The second kappa shape index (κ2) is 9.95. The Labute approximate surface area is 178 Å². The van der Waals surface area contributed by atoms with Crippen LogP contribution in [0.15, 0.2) is 47.4 Å². The fraction of sp³-hybridized carbons (Fsp3) is 0.409. The first-order valence-corrected chi connectivity index (χ1v) is 11.6. The Morgan fingerprint density at radius 2 is 1.80 bits per heavy atom. The molecule has 162 valence electrons. The number of rotatable bonds is 9. The molecule has 1 aliphatic heterocycles. The van der Waals surface area contributed by atoms with Gasteiger partial charge in [0.25, 0.3) is 0 Å². The van der Waals surface area contributed by atoms with Gasteiger partial charge in [0.2, 0.25) is 15.9 Å². The summed E-state index contributed by atoms with van der Waals surface area (Å²) >= 11 is 0. The number of hydrogen-bond donors (Lipinski definition) is 1. The minimum Gasteiger partial charge on any atom is -0.496 e. The molecule has 0 aromatic heterocycles. The normalized spacial score (nSPS) is 14.5. The quantitative estimate of drug-likeness (QED) is 0.656. The van der Waals surface area contributed by atoms with Gasteiger partial charge < -0.3 is 14.8 Å². The lowest BCUT2D eigenvalue weighted by Crippen LogP contribution is -2.28. The van der Waals surface area contributed by atoms with E-state index < -0.39 is 10.0 Å². The summed E-state index contributed by atoms with van der Waals surface area (Å²) < 4.78 is 37.9. The highest BCUT2D eigenvalue weighted by Gasteiger charge is 2.27. The van der Waals surface area contributed by atoms with Crippen molar-refractivity contribution in [3.8, 4) is 11.5 Å². The molecule has 30 heavy (non-hydrogen) atoms. The van der Waals surface area contributed by atoms with E-state index in [1.807, 2.05) is 6.92 Å². The van der Waals surface area contributed by atoms with Crippen molar-refractivity contribution in [2.45, 2.75) is 37.5 Å². The molecule has 0 saturated carbocycles. The van der Waals surface area contributed by atoms with Crippen LogP contribution < -0.4 is 14.8 Å². The van der Waals surface area contributed by atoms with E-state index in [0.29, 0.717) is 43.1 Å². The summed E-state index contributed by atoms with van der Waals surface area (Å²) in [7, 11) is -1.98. The molecule has 0 unspecified atom stereocenters. The molecule has 2 aromatic rings. The van der Waals surface area contributed by atoms with Crippen molar-refractivity contribution < 1.29 is 22.7 Å². The van der Waals surface area contributed by atoms with Crippen LogP contribution in [-0.4, -0.2) is 45.4 Å². The second-order valence-electron chi connectivity index (χ2n) is 7.09.